The van der Waals surface area contributed by atoms with Crippen LogP contribution in [0.4, 0.5) is 0 Å². The van der Waals surface area contributed by atoms with Gasteiger partial charge in [-0.15, -0.1) is 5.06 Å². The quantitative estimate of drug-likeness (QED) is 0.592. The minimum atomic E-state index is -0.832. The summed E-state index contributed by atoms with van der Waals surface area (Å²) < 4.78 is 6.03. The molecule has 1 unspecified atom stereocenters. The standard InChI is InChI=1S/C17H24NO4Si/c1-17(2,3)14(22-23(4)5)10-11-21-18-15(19)12-8-6-7-9-13(12)16(18)20/h6-9,14H,10-11H2,1-5H3. The van der Waals surface area contributed by atoms with E-state index in [1.807, 2.05) is 0 Å². The first-order valence-electron chi connectivity index (χ1n) is 7.79. The van der Waals surface area contributed by atoms with Crippen LogP contribution in [0.15, 0.2) is 24.3 Å². The summed E-state index contributed by atoms with van der Waals surface area (Å²) >= 11 is 0. The number of rotatable bonds is 6. The lowest BCUT2D eigenvalue weighted by atomic mass is 9.87. The van der Waals surface area contributed by atoms with Crippen LogP contribution in [0.1, 0.15) is 47.9 Å². The highest BCUT2D eigenvalue weighted by Crippen LogP contribution is 2.27. The van der Waals surface area contributed by atoms with Crippen molar-refractivity contribution < 1.29 is 18.9 Å². The second-order valence-corrected chi connectivity index (χ2v) is 9.01. The molecule has 125 valence electrons. The summed E-state index contributed by atoms with van der Waals surface area (Å²) in [6.07, 6.45) is 0.661. The Morgan fingerprint density at radius 1 is 1.09 bits per heavy atom. The van der Waals surface area contributed by atoms with Crippen LogP contribution in [0.5, 0.6) is 0 Å². The van der Waals surface area contributed by atoms with Crippen LogP contribution in [0.3, 0.4) is 0 Å². The van der Waals surface area contributed by atoms with Gasteiger partial charge in [-0.25, -0.2) is 0 Å². The Hall–Kier alpha value is -1.50. The summed E-state index contributed by atoms with van der Waals surface area (Å²) in [5.74, 6) is -0.788. The highest BCUT2D eigenvalue weighted by Gasteiger charge is 2.37. The second-order valence-electron chi connectivity index (χ2n) is 6.95. The van der Waals surface area contributed by atoms with E-state index in [1.165, 1.54) is 0 Å². The Morgan fingerprint density at radius 3 is 2.04 bits per heavy atom. The molecule has 1 aliphatic rings. The molecular weight excluding hydrogens is 310 g/mol. The first-order chi connectivity index (χ1) is 10.7. The Balaban J connectivity index is 1.96. The number of nitrogens with zero attached hydrogens (tertiary/aromatic N) is 1. The van der Waals surface area contributed by atoms with Crippen LogP contribution in [0.2, 0.25) is 13.1 Å². The molecule has 0 aliphatic carbocycles. The van der Waals surface area contributed by atoms with Crippen LogP contribution in [-0.2, 0) is 9.26 Å². The fourth-order valence-electron chi connectivity index (χ4n) is 2.49. The molecule has 2 amide bonds. The number of carbonyl (C=O) groups excluding carboxylic acids is 2. The maximum absolute atomic E-state index is 12.2. The lowest BCUT2D eigenvalue weighted by Gasteiger charge is -2.32. The van der Waals surface area contributed by atoms with Crippen molar-refractivity contribution in [3.8, 4) is 0 Å². The zero-order chi connectivity index (χ0) is 17.2. The Kier molecular flexibility index (Phi) is 5.39. The molecular formula is C17H24NO4Si. The molecule has 0 aromatic heterocycles. The van der Waals surface area contributed by atoms with Crippen molar-refractivity contribution in [1.82, 2.24) is 5.06 Å². The third kappa shape index (κ3) is 4.07. The van der Waals surface area contributed by atoms with Gasteiger partial charge < -0.3 is 4.43 Å². The van der Waals surface area contributed by atoms with Crippen molar-refractivity contribution in [2.24, 2.45) is 5.41 Å². The van der Waals surface area contributed by atoms with Crippen molar-refractivity contribution in [2.45, 2.75) is 46.4 Å². The molecule has 1 heterocycles. The summed E-state index contributed by atoms with van der Waals surface area (Å²) in [6, 6.07) is 6.76. The van der Waals surface area contributed by atoms with Gasteiger partial charge in [-0.2, -0.15) is 0 Å². The summed E-state index contributed by atoms with van der Waals surface area (Å²) in [6.45, 7) is 10.8. The number of hydrogen-bond acceptors (Lipinski definition) is 4. The fraction of sp³-hybridized carbons (Fsp3) is 0.529. The average molecular weight is 334 g/mol. The van der Waals surface area contributed by atoms with Crippen LogP contribution < -0.4 is 0 Å². The molecule has 1 radical (unpaired) electrons. The van der Waals surface area contributed by atoms with E-state index in [-0.39, 0.29) is 18.1 Å². The second kappa shape index (κ2) is 6.94. The van der Waals surface area contributed by atoms with Crippen molar-refractivity contribution in [1.29, 1.82) is 0 Å². The van der Waals surface area contributed by atoms with E-state index in [2.05, 4.69) is 33.9 Å². The molecule has 6 heteroatoms. The summed E-state index contributed by atoms with van der Waals surface area (Å²) in [5, 5.41) is 0.869. The van der Waals surface area contributed by atoms with Crippen molar-refractivity contribution >= 4 is 20.9 Å². The van der Waals surface area contributed by atoms with Crippen molar-refractivity contribution in [2.75, 3.05) is 6.61 Å². The molecule has 1 aliphatic heterocycles. The minimum absolute atomic E-state index is 0.0205. The smallest absolute Gasteiger partial charge is 0.285 e. The predicted octanol–water partition coefficient (Wildman–Crippen LogP) is 3.29. The predicted molar refractivity (Wildman–Crippen MR) is 89.3 cm³/mol. The van der Waals surface area contributed by atoms with Gasteiger partial charge in [0.15, 0.2) is 0 Å². The topological polar surface area (TPSA) is 55.8 Å². The summed E-state index contributed by atoms with van der Waals surface area (Å²) in [5.41, 5.74) is 0.773. The van der Waals surface area contributed by atoms with E-state index in [1.54, 1.807) is 24.3 Å². The lowest BCUT2D eigenvalue weighted by molar-refractivity contribution is -0.102. The third-order valence-electron chi connectivity index (χ3n) is 3.70. The third-order valence-corrected chi connectivity index (χ3v) is 4.46. The van der Waals surface area contributed by atoms with E-state index < -0.39 is 20.9 Å². The number of fused-ring (bicyclic) bond motifs is 1. The largest absolute Gasteiger partial charge is 0.414 e. The lowest BCUT2D eigenvalue weighted by Crippen LogP contribution is -2.36. The zero-order valence-electron chi connectivity index (χ0n) is 14.4. The Bertz CT molecular complexity index is 560. The van der Waals surface area contributed by atoms with Gasteiger partial charge in [0.05, 0.1) is 23.8 Å². The molecule has 0 bridgehead atoms. The molecule has 1 aromatic carbocycles. The molecule has 2 rings (SSSR count). The Morgan fingerprint density at radius 2 is 1.61 bits per heavy atom. The van der Waals surface area contributed by atoms with Crippen LogP contribution >= 0.6 is 0 Å². The molecule has 5 nitrogen and oxygen atoms in total. The maximum atomic E-state index is 12.2. The first-order valence-corrected chi connectivity index (χ1v) is 10.2. The molecule has 0 saturated carbocycles. The SMILES string of the molecule is C[Si](C)OC(CCON1C(=O)c2ccccc2C1=O)C(C)(C)C. The van der Waals surface area contributed by atoms with E-state index >= 15 is 0 Å². The highest BCUT2D eigenvalue weighted by atomic mass is 28.3. The number of hydrogen-bond donors (Lipinski definition) is 0. The van der Waals surface area contributed by atoms with E-state index in [4.69, 9.17) is 9.26 Å². The summed E-state index contributed by atoms with van der Waals surface area (Å²) in [4.78, 5) is 29.9. The zero-order valence-corrected chi connectivity index (χ0v) is 15.4. The van der Waals surface area contributed by atoms with Gasteiger partial charge in [0.2, 0.25) is 9.04 Å². The molecule has 0 N–H and O–H groups in total. The number of imide groups is 1. The van der Waals surface area contributed by atoms with Crippen LogP contribution in [0, 0.1) is 5.41 Å². The van der Waals surface area contributed by atoms with E-state index in [0.29, 0.717) is 17.5 Å². The molecule has 1 aromatic rings. The fourth-order valence-corrected chi connectivity index (χ4v) is 3.53. The van der Waals surface area contributed by atoms with Crippen LogP contribution in [-0.4, -0.2) is 38.6 Å². The van der Waals surface area contributed by atoms with E-state index in [9.17, 15) is 9.59 Å². The normalized spacial score (nSPS) is 16.2. The molecule has 23 heavy (non-hydrogen) atoms. The number of amides is 2. The monoisotopic (exact) mass is 334 g/mol. The molecule has 0 spiro atoms. The highest BCUT2D eigenvalue weighted by molar-refractivity contribution is 6.48. The molecule has 0 saturated heterocycles. The number of hydroxylamine groups is 2. The van der Waals surface area contributed by atoms with Crippen molar-refractivity contribution in [3.05, 3.63) is 35.4 Å². The van der Waals surface area contributed by atoms with Gasteiger partial charge in [-0.3, -0.25) is 14.4 Å². The van der Waals surface area contributed by atoms with Gasteiger partial charge in [0, 0.05) is 0 Å². The first kappa shape index (κ1) is 17.8. The molecule has 0 fully saturated rings. The Labute approximate surface area is 139 Å². The number of benzene rings is 1. The molecule has 1 atom stereocenters. The van der Waals surface area contributed by atoms with Crippen LogP contribution in [0.25, 0.3) is 0 Å². The average Bonchev–Trinajstić information content (AvgIpc) is 2.70. The van der Waals surface area contributed by atoms with Crippen molar-refractivity contribution in [3.63, 3.8) is 0 Å². The van der Waals surface area contributed by atoms with Gasteiger partial charge in [0.25, 0.3) is 11.8 Å². The maximum Gasteiger partial charge on any atom is 0.285 e. The van der Waals surface area contributed by atoms with Gasteiger partial charge in [-0.05, 0) is 37.1 Å². The van der Waals surface area contributed by atoms with Gasteiger partial charge in [0.1, 0.15) is 0 Å². The van der Waals surface area contributed by atoms with E-state index in [0.717, 1.165) is 5.06 Å². The van der Waals surface area contributed by atoms with Gasteiger partial charge >= 0.3 is 0 Å². The number of carbonyl (C=O) groups is 2. The minimum Gasteiger partial charge on any atom is -0.414 e. The van der Waals surface area contributed by atoms with Gasteiger partial charge in [-0.1, -0.05) is 32.9 Å². The summed E-state index contributed by atoms with van der Waals surface area (Å²) in [7, 11) is -0.832.